The number of carbonyl (C=O) groups excluding carboxylic acids is 2. The summed E-state index contributed by atoms with van der Waals surface area (Å²) in [6.07, 6.45) is 0.522. The monoisotopic (exact) mass is 430 g/mol. The Morgan fingerprint density at radius 1 is 1.13 bits per heavy atom. The number of amides is 2. The van der Waals surface area contributed by atoms with Gasteiger partial charge in [0.05, 0.1) is 5.75 Å². The topological polar surface area (TPSA) is 49.4 Å². The summed E-state index contributed by atoms with van der Waals surface area (Å²) in [4.78, 5) is 27.5. The van der Waals surface area contributed by atoms with Gasteiger partial charge in [-0.3, -0.25) is 9.59 Å². The number of thioether (sulfide) groups is 1. The molecule has 2 amide bonds. The molecule has 0 aliphatic carbocycles. The molecule has 0 bridgehead atoms. The van der Waals surface area contributed by atoms with Gasteiger partial charge in [-0.1, -0.05) is 55.0 Å². The van der Waals surface area contributed by atoms with Crippen molar-refractivity contribution in [2.24, 2.45) is 0 Å². The highest BCUT2D eigenvalue weighted by Gasteiger charge is 2.28. The van der Waals surface area contributed by atoms with Crippen LogP contribution < -0.4 is 5.32 Å². The lowest BCUT2D eigenvalue weighted by Gasteiger charge is -2.31. The van der Waals surface area contributed by atoms with E-state index >= 15 is 0 Å². The van der Waals surface area contributed by atoms with Gasteiger partial charge in [0, 0.05) is 18.3 Å². The summed E-state index contributed by atoms with van der Waals surface area (Å²) in [6.45, 7) is 8.09. The van der Waals surface area contributed by atoms with Gasteiger partial charge in [0.2, 0.25) is 11.8 Å². The van der Waals surface area contributed by atoms with Crippen molar-refractivity contribution < 1.29 is 14.0 Å². The summed E-state index contributed by atoms with van der Waals surface area (Å²) >= 11 is 1.36. The molecule has 1 N–H and O–H groups in total. The van der Waals surface area contributed by atoms with Crippen LogP contribution in [0.25, 0.3) is 0 Å². The molecule has 2 aromatic rings. The minimum atomic E-state index is -0.547. The van der Waals surface area contributed by atoms with E-state index in [4.69, 9.17) is 0 Å². The Hall–Kier alpha value is -2.34. The molecule has 4 nitrogen and oxygen atoms in total. The van der Waals surface area contributed by atoms with Gasteiger partial charge < -0.3 is 10.2 Å². The highest BCUT2D eigenvalue weighted by atomic mass is 32.2. The molecule has 0 aliphatic heterocycles. The third kappa shape index (κ3) is 7.17. The predicted molar refractivity (Wildman–Crippen MR) is 122 cm³/mol. The fourth-order valence-electron chi connectivity index (χ4n) is 3.25. The Morgan fingerprint density at radius 2 is 1.87 bits per heavy atom. The van der Waals surface area contributed by atoms with Gasteiger partial charge in [-0.25, -0.2) is 4.39 Å². The van der Waals surface area contributed by atoms with E-state index in [9.17, 15) is 14.0 Å². The first kappa shape index (κ1) is 23.9. The van der Waals surface area contributed by atoms with Gasteiger partial charge in [-0.2, -0.15) is 0 Å². The normalized spacial score (nSPS) is 11.9. The average molecular weight is 431 g/mol. The SMILES string of the molecule is CC[C@H](C(=O)NC(C)C)N(Cc1cccc(C)c1)C(=O)CSCc1ccccc1F. The van der Waals surface area contributed by atoms with E-state index in [0.717, 1.165) is 11.1 Å². The van der Waals surface area contributed by atoms with Crippen LogP contribution in [-0.2, 0) is 21.9 Å². The Morgan fingerprint density at radius 3 is 2.50 bits per heavy atom. The Labute approximate surface area is 183 Å². The Balaban J connectivity index is 2.14. The fourth-order valence-corrected chi connectivity index (χ4v) is 4.15. The number of nitrogens with zero attached hydrogens (tertiary/aromatic N) is 1. The minimum Gasteiger partial charge on any atom is -0.352 e. The lowest BCUT2D eigenvalue weighted by atomic mass is 10.1. The van der Waals surface area contributed by atoms with Crippen molar-refractivity contribution in [3.05, 3.63) is 71.0 Å². The van der Waals surface area contributed by atoms with Crippen LogP contribution in [0.15, 0.2) is 48.5 Å². The third-order valence-electron chi connectivity index (χ3n) is 4.69. The molecular weight excluding hydrogens is 399 g/mol. The molecule has 0 saturated carbocycles. The summed E-state index contributed by atoms with van der Waals surface area (Å²) < 4.78 is 13.8. The van der Waals surface area contributed by atoms with Crippen LogP contribution in [0.1, 0.15) is 43.9 Å². The number of hydrogen-bond donors (Lipinski definition) is 1. The number of aryl methyl sites for hydroxylation is 1. The van der Waals surface area contributed by atoms with Gasteiger partial charge in [-0.05, 0) is 44.4 Å². The molecule has 0 fully saturated rings. The van der Waals surface area contributed by atoms with Crippen LogP contribution in [-0.4, -0.2) is 34.6 Å². The van der Waals surface area contributed by atoms with Crippen LogP contribution in [0, 0.1) is 12.7 Å². The van der Waals surface area contributed by atoms with E-state index in [1.165, 1.54) is 17.8 Å². The number of carbonyl (C=O) groups is 2. The summed E-state index contributed by atoms with van der Waals surface area (Å²) in [5.41, 5.74) is 2.66. The first-order valence-electron chi connectivity index (χ1n) is 10.3. The van der Waals surface area contributed by atoms with E-state index in [2.05, 4.69) is 5.32 Å². The van der Waals surface area contributed by atoms with Crippen molar-refractivity contribution in [2.45, 2.75) is 58.5 Å². The summed E-state index contributed by atoms with van der Waals surface area (Å²) in [6, 6.07) is 14.0. The lowest BCUT2D eigenvalue weighted by molar-refractivity contribution is -0.139. The number of benzene rings is 2. The lowest BCUT2D eigenvalue weighted by Crippen LogP contribution is -2.50. The molecule has 2 aromatic carbocycles. The fraction of sp³-hybridized carbons (Fsp3) is 0.417. The van der Waals surface area contributed by atoms with Crippen LogP contribution in [0.5, 0.6) is 0 Å². The zero-order valence-corrected chi connectivity index (χ0v) is 19.0. The van der Waals surface area contributed by atoms with E-state index in [1.807, 2.05) is 52.0 Å². The van der Waals surface area contributed by atoms with Gasteiger partial charge in [-0.15, -0.1) is 11.8 Å². The summed E-state index contributed by atoms with van der Waals surface area (Å²) in [7, 11) is 0. The summed E-state index contributed by atoms with van der Waals surface area (Å²) in [5.74, 6) is 0.0603. The molecule has 0 unspecified atom stereocenters. The molecule has 0 saturated heterocycles. The van der Waals surface area contributed by atoms with Crippen molar-refractivity contribution in [3.63, 3.8) is 0 Å². The maximum atomic E-state index is 13.8. The molecule has 6 heteroatoms. The van der Waals surface area contributed by atoms with Crippen molar-refractivity contribution in [1.82, 2.24) is 10.2 Å². The zero-order valence-electron chi connectivity index (χ0n) is 18.2. The highest BCUT2D eigenvalue weighted by Crippen LogP contribution is 2.19. The van der Waals surface area contributed by atoms with Gasteiger partial charge in [0.15, 0.2) is 0 Å². The van der Waals surface area contributed by atoms with Gasteiger partial charge in [0.25, 0.3) is 0 Å². The van der Waals surface area contributed by atoms with Gasteiger partial charge >= 0.3 is 0 Å². The third-order valence-corrected chi connectivity index (χ3v) is 5.66. The van der Waals surface area contributed by atoms with Crippen molar-refractivity contribution in [1.29, 1.82) is 0 Å². The Bertz CT molecular complexity index is 857. The second-order valence-electron chi connectivity index (χ2n) is 7.68. The van der Waals surface area contributed by atoms with E-state index in [1.54, 1.807) is 23.1 Å². The van der Waals surface area contributed by atoms with Crippen molar-refractivity contribution in [3.8, 4) is 0 Å². The Kier molecular flexibility index (Phi) is 9.37. The minimum absolute atomic E-state index is 0.00194. The number of hydrogen-bond acceptors (Lipinski definition) is 3. The van der Waals surface area contributed by atoms with E-state index in [-0.39, 0.29) is 29.4 Å². The summed E-state index contributed by atoms with van der Waals surface area (Å²) in [5, 5.41) is 2.93. The molecule has 0 aliphatic rings. The smallest absolute Gasteiger partial charge is 0.243 e. The second-order valence-corrected chi connectivity index (χ2v) is 8.67. The molecule has 0 radical (unpaired) electrons. The predicted octanol–water partition coefficient (Wildman–Crippen LogP) is 4.70. The number of rotatable bonds is 10. The van der Waals surface area contributed by atoms with Gasteiger partial charge in [0.1, 0.15) is 11.9 Å². The quantitative estimate of drug-likeness (QED) is 0.594. The zero-order chi connectivity index (χ0) is 22.1. The van der Waals surface area contributed by atoms with E-state index in [0.29, 0.717) is 24.3 Å². The van der Waals surface area contributed by atoms with Crippen LogP contribution in [0.2, 0.25) is 0 Å². The van der Waals surface area contributed by atoms with Crippen LogP contribution in [0.4, 0.5) is 4.39 Å². The first-order valence-corrected chi connectivity index (χ1v) is 11.4. The van der Waals surface area contributed by atoms with Crippen molar-refractivity contribution in [2.75, 3.05) is 5.75 Å². The second kappa shape index (κ2) is 11.7. The molecule has 30 heavy (non-hydrogen) atoms. The number of halogens is 1. The van der Waals surface area contributed by atoms with Crippen LogP contribution >= 0.6 is 11.8 Å². The maximum absolute atomic E-state index is 13.8. The molecule has 2 rings (SSSR count). The average Bonchev–Trinajstić information content (AvgIpc) is 2.68. The molecule has 0 spiro atoms. The first-order chi connectivity index (χ1) is 14.3. The molecule has 0 heterocycles. The molecular formula is C24H31FN2O2S. The standard InChI is InChI=1S/C24H31FN2O2S/c1-5-22(24(29)26-17(2)3)27(14-19-10-8-9-18(4)13-19)23(28)16-30-15-20-11-6-7-12-21(20)25/h6-13,17,22H,5,14-16H2,1-4H3,(H,26,29)/t22-/m1/s1. The van der Waals surface area contributed by atoms with E-state index < -0.39 is 6.04 Å². The molecule has 1 atom stereocenters. The van der Waals surface area contributed by atoms with Crippen molar-refractivity contribution >= 4 is 23.6 Å². The number of nitrogens with one attached hydrogen (secondary N) is 1. The van der Waals surface area contributed by atoms with Crippen LogP contribution in [0.3, 0.4) is 0 Å². The largest absolute Gasteiger partial charge is 0.352 e. The molecule has 162 valence electrons. The molecule has 0 aromatic heterocycles. The maximum Gasteiger partial charge on any atom is 0.243 e. The highest BCUT2D eigenvalue weighted by molar-refractivity contribution is 7.99.